The van der Waals surface area contributed by atoms with E-state index in [0.29, 0.717) is 6.54 Å². The van der Waals surface area contributed by atoms with Crippen LogP contribution in [-0.4, -0.2) is 9.78 Å². The first-order chi connectivity index (χ1) is 8.99. The fraction of sp³-hybridized carbons (Fsp3) is 0.438. The molecule has 19 heavy (non-hydrogen) atoms. The third-order valence-corrected chi connectivity index (χ3v) is 3.99. The number of rotatable bonds is 3. The maximum Gasteiger partial charge on any atom is 0.0932 e. The zero-order valence-corrected chi connectivity index (χ0v) is 12.5. The Labute approximate surface area is 115 Å². The monoisotopic (exact) mass is 257 g/mol. The summed E-state index contributed by atoms with van der Waals surface area (Å²) < 4.78 is 1.99. The van der Waals surface area contributed by atoms with E-state index in [9.17, 15) is 0 Å². The lowest BCUT2D eigenvalue weighted by atomic mass is 9.92. The van der Waals surface area contributed by atoms with Crippen LogP contribution < -0.4 is 5.73 Å². The number of aromatic nitrogens is 2. The molecule has 0 aliphatic rings. The van der Waals surface area contributed by atoms with Crippen molar-refractivity contribution in [3.8, 4) is 11.3 Å². The van der Waals surface area contributed by atoms with Gasteiger partial charge in [0.1, 0.15) is 0 Å². The molecule has 0 amide bonds. The zero-order chi connectivity index (χ0) is 14.2. The number of aryl methyl sites for hydroxylation is 3. The highest BCUT2D eigenvalue weighted by Crippen LogP contribution is 2.31. The highest BCUT2D eigenvalue weighted by molar-refractivity contribution is 5.70. The SMILES string of the molecule is CCn1nc(-c2c(C)c(C)cc(C)c2C)cc1CN. The van der Waals surface area contributed by atoms with Crippen LogP contribution in [0.2, 0.25) is 0 Å². The molecule has 1 heterocycles. The van der Waals surface area contributed by atoms with Crippen molar-refractivity contribution >= 4 is 0 Å². The van der Waals surface area contributed by atoms with Crippen molar-refractivity contribution in [3.05, 3.63) is 40.1 Å². The molecule has 102 valence electrons. The van der Waals surface area contributed by atoms with Gasteiger partial charge in [0.25, 0.3) is 0 Å². The van der Waals surface area contributed by atoms with Crippen molar-refractivity contribution in [1.82, 2.24) is 9.78 Å². The average Bonchev–Trinajstić information content (AvgIpc) is 2.80. The van der Waals surface area contributed by atoms with Crippen molar-refractivity contribution in [2.45, 2.75) is 47.7 Å². The van der Waals surface area contributed by atoms with E-state index in [1.165, 1.54) is 27.8 Å². The third kappa shape index (κ3) is 2.30. The summed E-state index contributed by atoms with van der Waals surface area (Å²) in [6.07, 6.45) is 0. The van der Waals surface area contributed by atoms with Crippen LogP contribution in [0.4, 0.5) is 0 Å². The van der Waals surface area contributed by atoms with Crippen LogP contribution in [0.15, 0.2) is 12.1 Å². The summed E-state index contributed by atoms with van der Waals surface area (Å²) in [6, 6.07) is 4.37. The van der Waals surface area contributed by atoms with E-state index >= 15 is 0 Å². The van der Waals surface area contributed by atoms with Crippen LogP contribution in [0, 0.1) is 27.7 Å². The van der Waals surface area contributed by atoms with Crippen LogP contribution in [0.25, 0.3) is 11.3 Å². The first-order valence-corrected chi connectivity index (χ1v) is 6.84. The molecule has 0 fully saturated rings. The van der Waals surface area contributed by atoms with Crippen LogP contribution in [0.5, 0.6) is 0 Å². The van der Waals surface area contributed by atoms with Gasteiger partial charge in [-0.05, 0) is 62.9 Å². The molecule has 3 heteroatoms. The fourth-order valence-corrected chi connectivity index (χ4v) is 2.62. The molecule has 3 nitrogen and oxygen atoms in total. The third-order valence-electron chi connectivity index (χ3n) is 3.99. The van der Waals surface area contributed by atoms with Gasteiger partial charge in [-0.25, -0.2) is 0 Å². The molecule has 0 saturated heterocycles. The van der Waals surface area contributed by atoms with Gasteiger partial charge in [-0.2, -0.15) is 5.10 Å². The van der Waals surface area contributed by atoms with E-state index in [4.69, 9.17) is 10.8 Å². The maximum atomic E-state index is 5.79. The summed E-state index contributed by atoms with van der Waals surface area (Å²) in [5.41, 5.74) is 14.5. The Hall–Kier alpha value is -1.61. The predicted molar refractivity (Wildman–Crippen MR) is 80.2 cm³/mol. The lowest BCUT2D eigenvalue weighted by molar-refractivity contribution is 0.624. The molecule has 0 spiro atoms. The lowest BCUT2D eigenvalue weighted by Crippen LogP contribution is -2.06. The number of nitrogens with two attached hydrogens (primary N) is 1. The van der Waals surface area contributed by atoms with Gasteiger partial charge < -0.3 is 5.73 Å². The Bertz CT molecular complexity index is 561. The second kappa shape index (κ2) is 5.17. The van der Waals surface area contributed by atoms with E-state index < -0.39 is 0 Å². The van der Waals surface area contributed by atoms with Gasteiger partial charge in [0.05, 0.1) is 11.4 Å². The van der Waals surface area contributed by atoms with Crippen molar-refractivity contribution in [2.75, 3.05) is 0 Å². The summed E-state index contributed by atoms with van der Waals surface area (Å²) in [6.45, 7) is 12.1. The second-order valence-corrected chi connectivity index (χ2v) is 5.18. The number of hydrogen-bond donors (Lipinski definition) is 1. The smallest absolute Gasteiger partial charge is 0.0932 e. The minimum atomic E-state index is 0.531. The van der Waals surface area contributed by atoms with Crippen molar-refractivity contribution in [1.29, 1.82) is 0 Å². The minimum absolute atomic E-state index is 0.531. The molecule has 2 N–H and O–H groups in total. The van der Waals surface area contributed by atoms with Gasteiger partial charge in [0.15, 0.2) is 0 Å². The summed E-state index contributed by atoms with van der Waals surface area (Å²) in [5, 5.41) is 4.71. The molecular formula is C16H23N3. The van der Waals surface area contributed by atoms with Gasteiger partial charge in [0, 0.05) is 18.7 Å². The highest BCUT2D eigenvalue weighted by Gasteiger charge is 2.14. The molecule has 0 bridgehead atoms. The molecular weight excluding hydrogens is 234 g/mol. The van der Waals surface area contributed by atoms with Crippen LogP contribution in [0.1, 0.15) is 34.9 Å². The molecule has 0 aliphatic heterocycles. The van der Waals surface area contributed by atoms with Gasteiger partial charge in [-0.15, -0.1) is 0 Å². The number of benzene rings is 1. The predicted octanol–water partition coefficient (Wildman–Crippen LogP) is 3.26. The van der Waals surface area contributed by atoms with Crippen LogP contribution >= 0.6 is 0 Å². The Morgan fingerprint density at radius 2 is 1.63 bits per heavy atom. The van der Waals surface area contributed by atoms with E-state index in [1.807, 2.05) is 4.68 Å². The van der Waals surface area contributed by atoms with Gasteiger partial charge >= 0.3 is 0 Å². The normalized spacial score (nSPS) is 11.1. The number of nitrogens with zero attached hydrogens (tertiary/aromatic N) is 2. The molecule has 0 atom stereocenters. The summed E-state index contributed by atoms with van der Waals surface area (Å²) in [4.78, 5) is 0. The molecule has 2 rings (SSSR count). The quantitative estimate of drug-likeness (QED) is 0.917. The van der Waals surface area contributed by atoms with Gasteiger partial charge in [-0.1, -0.05) is 6.07 Å². The molecule has 0 unspecified atom stereocenters. The molecule has 0 aliphatic carbocycles. The molecule has 0 saturated carbocycles. The average molecular weight is 257 g/mol. The Morgan fingerprint density at radius 3 is 2.05 bits per heavy atom. The molecule has 0 radical (unpaired) electrons. The van der Waals surface area contributed by atoms with Crippen molar-refractivity contribution < 1.29 is 0 Å². The van der Waals surface area contributed by atoms with Crippen LogP contribution in [0.3, 0.4) is 0 Å². The Balaban J connectivity index is 2.68. The van der Waals surface area contributed by atoms with Crippen LogP contribution in [-0.2, 0) is 13.1 Å². The van der Waals surface area contributed by atoms with Gasteiger partial charge in [0.2, 0.25) is 0 Å². The minimum Gasteiger partial charge on any atom is -0.325 e. The second-order valence-electron chi connectivity index (χ2n) is 5.18. The Morgan fingerprint density at radius 1 is 1.05 bits per heavy atom. The molecule has 1 aromatic carbocycles. The fourth-order valence-electron chi connectivity index (χ4n) is 2.62. The number of hydrogen-bond acceptors (Lipinski definition) is 2. The first kappa shape index (κ1) is 13.8. The summed E-state index contributed by atoms with van der Waals surface area (Å²) >= 11 is 0. The first-order valence-electron chi connectivity index (χ1n) is 6.84. The summed E-state index contributed by atoms with van der Waals surface area (Å²) in [7, 11) is 0. The van der Waals surface area contributed by atoms with E-state index in [-0.39, 0.29) is 0 Å². The largest absolute Gasteiger partial charge is 0.325 e. The summed E-state index contributed by atoms with van der Waals surface area (Å²) in [5.74, 6) is 0. The standard InChI is InChI=1S/C16H23N3/c1-6-19-14(9-17)8-15(18-19)16-12(4)10(2)7-11(3)13(16)5/h7-8H,6,9,17H2,1-5H3. The highest BCUT2D eigenvalue weighted by atomic mass is 15.3. The van der Waals surface area contributed by atoms with E-state index in [0.717, 1.165) is 17.9 Å². The Kier molecular flexibility index (Phi) is 3.76. The maximum absolute atomic E-state index is 5.79. The van der Waals surface area contributed by atoms with Crippen molar-refractivity contribution in [3.63, 3.8) is 0 Å². The van der Waals surface area contributed by atoms with E-state index in [2.05, 4.69) is 46.8 Å². The van der Waals surface area contributed by atoms with E-state index in [1.54, 1.807) is 0 Å². The molecule has 2 aromatic rings. The molecule has 1 aromatic heterocycles. The topological polar surface area (TPSA) is 43.8 Å². The van der Waals surface area contributed by atoms with Gasteiger partial charge in [-0.3, -0.25) is 4.68 Å². The van der Waals surface area contributed by atoms with Crippen molar-refractivity contribution in [2.24, 2.45) is 5.73 Å². The lowest BCUT2D eigenvalue weighted by Gasteiger charge is -2.13. The zero-order valence-electron chi connectivity index (χ0n) is 12.5.